The topological polar surface area (TPSA) is 56.9 Å². The summed E-state index contributed by atoms with van der Waals surface area (Å²) in [5.41, 5.74) is 1.01. The number of hydrogen-bond acceptors (Lipinski definition) is 5. The van der Waals surface area contributed by atoms with Crippen LogP contribution in [0.15, 0.2) is 21.8 Å². The van der Waals surface area contributed by atoms with Gasteiger partial charge >= 0.3 is 0 Å². The van der Waals surface area contributed by atoms with E-state index in [1.807, 2.05) is 17.8 Å². The first-order chi connectivity index (χ1) is 11.3. The van der Waals surface area contributed by atoms with Crippen LogP contribution in [0.1, 0.15) is 25.5 Å². The molecule has 1 aromatic rings. The molecule has 0 aromatic carbocycles. The fourth-order valence-electron chi connectivity index (χ4n) is 2.63. The molecule has 24 heavy (non-hydrogen) atoms. The van der Waals surface area contributed by atoms with Gasteiger partial charge in [-0.25, -0.2) is 0 Å². The van der Waals surface area contributed by atoms with E-state index in [1.54, 1.807) is 6.26 Å². The molecule has 8 heteroatoms. The van der Waals surface area contributed by atoms with Gasteiger partial charge in [-0.15, -0.1) is 24.0 Å². The minimum Gasteiger partial charge on any atom is -0.364 e. The van der Waals surface area contributed by atoms with Gasteiger partial charge in [-0.2, -0.15) is 11.8 Å². The molecule has 0 amide bonds. The molecule has 0 radical (unpaired) electrons. The number of nitrogens with one attached hydrogen (secondary N) is 1. The monoisotopic (exact) mass is 467 g/mol. The first-order valence-corrected chi connectivity index (χ1v) is 9.86. The lowest BCUT2D eigenvalue weighted by atomic mass is 10.3. The highest BCUT2D eigenvalue weighted by atomic mass is 127. The van der Waals surface area contributed by atoms with Gasteiger partial charge in [0.1, 0.15) is 6.26 Å². The minimum atomic E-state index is 0. The summed E-state index contributed by atoms with van der Waals surface area (Å²) in [6, 6.07) is 1.94. The molecule has 1 saturated heterocycles. The molecule has 2 heterocycles. The second kappa shape index (κ2) is 12.8. The van der Waals surface area contributed by atoms with Gasteiger partial charge < -0.3 is 14.7 Å². The second-order valence-corrected chi connectivity index (χ2v) is 6.68. The zero-order chi connectivity index (χ0) is 16.3. The molecule has 1 aliphatic rings. The second-order valence-electron chi connectivity index (χ2n) is 5.69. The van der Waals surface area contributed by atoms with Gasteiger partial charge in [-0.05, 0) is 31.8 Å². The number of thioether (sulfide) groups is 1. The molecular formula is C16H30IN5OS. The third-order valence-corrected chi connectivity index (χ3v) is 4.60. The Morgan fingerprint density at radius 3 is 2.75 bits per heavy atom. The van der Waals surface area contributed by atoms with Crippen molar-refractivity contribution in [2.45, 2.75) is 26.3 Å². The molecule has 0 unspecified atom stereocenters. The van der Waals surface area contributed by atoms with Crippen LogP contribution in [0.2, 0.25) is 0 Å². The van der Waals surface area contributed by atoms with Crippen molar-refractivity contribution in [1.29, 1.82) is 0 Å². The zero-order valence-electron chi connectivity index (χ0n) is 14.7. The lowest BCUT2D eigenvalue weighted by Gasteiger charge is -2.36. The van der Waals surface area contributed by atoms with Crippen molar-refractivity contribution in [3.8, 4) is 0 Å². The molecule has 1 N–H and O–H groups in total. The molecule has 1 aliphatic heterocycles. The SMILES string of the molecule is CCNC(=NCCCCSC)N1CCN(Cc2ccon2)CC1.I. The Morgan fingerprint density at radius 1 is 1.33 bits per heavy atom. The van der Waals surface area contributed by atoms with Gasteiger partial charge in [-0.3, -0.25) is 9.89 Å². The molecule has 1 aromatic heterocycles. The van der Waals surface area contributed by atoms with Crippen molar-refractivity contribution in [3.05, 3.63) is 18.0 Å². The van der Waals surface area contributed by atoms with Crippen LogP contribution in [-0.4, -0.2) is 72.2 Å². The highest BCUT2D eigenvalue weighted by molar-refractivity contribution is 14.0. The first kappa shape index (κ1) is 21.6. The van der Waals surface area contributed by atoms with E-state index < -0.39 is 0 Å². The largest absolute Gasteiger partial charge is 0.364 e. The smallest absolute Gasteiger partial charge is 0.194 e. The van der Waals surface area contributed by atoms with Gasteiger partial charge in [-0.1, -0.05) is 5.16 Å². The summed E-state index contributed by atoms with van der Waals surface area (Å²) in [6.45, 7) is 8.91. The van der Waals surface area contributed by atoms with Crippen molar-refractivity contribution < 1.29 is 4.52 Å². The number of piperazine rings is 1. The van der Waals surface area contributed by atoms with E-state index in [0.29, 0.717) is 0 Å². The van der Waals surface area contributed by atoms with Gasteiger partial charge in [0, 0.05) is 51.9 Å². The van der Waals surface area contributed by atoms with Gasteiger partial charge in [0.15, 0.2) is 5.96 Å². The van der Waals surface area contributed by atoms with Crippen molar-refractivity contribution >= 4 is 41.7 Å². The van der Waals surface area contributed by atoms with E-state index in [-0.39, 0.29) is 24.0 Å². The summed E-state index contributed by atoms with van der Waals surface area (Å²) < 4.78 is 4.90. The van der Waals surface area contributed by atoms with Crippen LogP contribution < -0.4 is 5.32 Å². The van der Waals surface area contributed by atoms with Crippen molar-refractivity contribution in [3.63, 3.8) is 0 Å². The normalized spacial score (nSPS) is 16.1. The Balaban J connectivity index is 0.00000288. The number of halogens is 1. The maximum Gasteiger partial charge on any atom is 0.194 e. The van der Waals surface area contributed by atoms with Gasteiger partial charge in [0.05, 0.1) is 5.69 Å². The van der Waals surface area contributed by atoms with E-state index >= 15 is 0 Å². The fourth-order valence-corrected chi connectivity index (χ4v) is 3.13. The number of unbranched alkanes of at least 4 members (excludes halogenated alkanes) is 1. The van der Waals surface area contributed by atoms with Crippen molar-refractivity contribution in [2.75, 3.05) is 51.3 Å². The maximum atomic E-state index is 4.90. The van der Waals surface area contributed by atoms with E-state index in [0.717, 1.165) is 57.5 Å². The first-order valence-electron chi connectivity index (χ1n) is 8.47. The van der Waals surface area contributed by atoms with Crippen LogP contribution in [0.4, 0.5) is 0 Å². The highest BCUT2D eigenvalue weighted by Crippen LogP contribution is 2.07. The van der Waals surface area contributed by atoms with Crippen molar-refractivity contribution in [2.24, 2.45) is 4.99 Å². The number of hydrogen-bond donors (Lipinski definition) is 1. The van der Waals surface area contributed by atoms with Crippen LogP contribution in [0.3, 0.4) is 0 Å². The van der Waals surface area contributed by atoms with E-state index in [4.69, 9.17) is 9.52 Å². The standard InChI is InChI=1S/C16H29N5OS.HI/c1-3-17-16(18-7-4-5-13-23-2)21-10-8-20(9-11-21)14-15-6-12-22-19-15;/h6,12H,3-5,7-11,13-14H2,1-2H3,(H,17,18);1H. The van der Waals surface area contributed by atoms with E-state index in [9.17, 15) is 0 Å². The number of aliphatic imine (C=N–C) groups is 1. The Bertz CT molecular complexity index is 449. The van der Waals surface area contributed by atoms with Crippen LogP contribution in [0.5, 0.6) is 0 Å². The molecule has 0 atom stereocenters. The average molecular weight is 467 g/mol. The molecular weight excluding hydrogens is 437 g/mol. The zero-order valence-corrected chi connectivity index (χ0v) is 17.9. The van der Waals surface area contributed by atoms with E-state index in [1.165, 1.54) is 18.6 Å². The number of guanidine groups is 1. The molecule has 0 spiro atoms. The molecule has 6 nitrogen and oxygen atoms in total. The Labute approximate surface area is 166 Å². The number of rotatable bonds is 8. The molecule has 138 valence electrons. The lowest BCUT2D eigenvalue weighted by Crippen LogP contribution is -2.52. The summed E-state index contributed by atoms with van der Waals surface area (Å²) >= 11 is 1.91. The summed E-state index contributed by atoms with van der Waals surface area (Å²) in [4.78, 5) is 9.57. The minimum absolute atomic E-state index is 0. The van der Waals surface area contributed by atoms with Crippen LogP contribution in [0, 0.1) is 0 Å². The van der Waals surface area contributed by atoms with Crippen LogP contribution >= 0.6 is 35.7 Å². The Morgan fingerprint density at radius 2 is 2.12 bits per heavy atom. The third kappa shape index (κ3) is 7.60. The number of nitrogens with zero attached hydrogens (tertiary/aromatic N) is 4. The quantitative estimate of drug-likeness (QED) is 0.275. The van der Waals surface area contributed by atoms with Gasteiger partial charge in [0.2, 0.25) is 0 Å². The van der Waals surface area contributed by atoms with E-state index in [2.05, 4.69) is 33.5 Å². The lowest BCUT2D eigenvalue weighted by molar-refractivity contribution is 0.169. The van der Waals surface area contributed by atoms with Crippen LogP contribution in [-0.2, 0) is 6.54 Å². The highest BCUT2D eigenvalue weighted by Gasteiger charge is 2.20. The predicted molar refractivity (Wildman–Crippen MR) is 112 cm³/mol. The maximum absolute atomic E-state index is 4.90. The van der Waals surface area contributed by atoms with Gasteiger partial charge in [0.25, 0.3) is 0 Å². The summed E-state index contributed by atoms with van der Waals surface area (Å²) in [7, 11) is 0. The molecule has 1 fully saturated rings. The molecule has 0 saturated carbocycles. The predicted octanol–water partition coefficient (Wildman–Crippen LogP) is 2.52. The molecule has 0 bridgehead atoms. The third-order valence-electron chi connectivity index (χ3n) is 3.90. The molecule has 0 aliphatic carbocycles. The van der Waals surface area contributed by atoms with Crippen molar-refractivity contribution in [1.82, 2.24) is 20.3 Å². The number of aromatic nitrogens is 1. The summed E-state index contributed by atoms with van der Waals surface area (Å²) in [5, 5.41) is 7.42. The molecule has 2 rings (SSSR count). The summed E-state index contributed by atoms with van der Waals surface area (Å²) in [6.07, 6.45) is 6.21. The Hall–Kier alpha value is -0.480. The van der Waals surface area contributed by atoms with Crippen LogP contribution in [0.25, 0.3) is 0 Å². The summed E-state index contributed by atoms with van der Waals surface area (Å²) in [5.74, 6) is 2.30. The Kier molecular flexibility index (Phi) is 11.5. The fraction of sp³-hybridized carbons (Fsp3) is 0.750. The average Bonchev–Trinajstić information content (AvgIpc) is 3.07.